The Kier molecular flexibility index (Phi) is 7.15. The second-order valence-corrected chi connectivity index (χ2v) is 2.15. The van der Waals surface area contributed by atoms with Gasteiger partial charge in [-0.1, -0.05) is 26.3 Å². The van der Waals surface area contributed by atoms with Crippen molar-refractivity contribution in [1.29, 1.82) is 0 Å². The van der Waals surface area contributed by atoms with Crippen LogP contribution in [0.5, 0.6) is 0 Å². The maximum atomic E-state index is 3.19. The maximum Gasteiger partial charge on any atom is 0.0138 e. The van der Waals surface area contributed by atoms with Crippen molar-refractivity contribution in [1.82, 2.24) is 5.32 Å². The molecule has 0 aromatic heterocycles. The first-order chi connectivity index (χ1) is 4.41. The zero-order valence-electron chi connectivity index (χ0n) is 6.48. The molecular weight excluding hydrogens is 110 g/mol. The molecule has 0 aromatic carbocycles. The third-order valence-electron chi connectivity index (χ3n) is 1.09. The van der Waals surface area contributed by atoms with E-state index in [0.717, 1.165) is 6.54 Å². The van der Waals surface area contributed by atoms with Crippen LogP contribution in [0.1, 0.15) is 33.1 Å². The molecule has 1 heteroatoms. The Morgan fingerprint density at radius 3 is 2.56 bits per heavy atom. The molecule has 54 valence electrons. The summed E-state index contributed by atoms with van der Waals surface area (Å²) in [5.41, 5.74) is 0. The Morgan fingerprint density at radius 2 is 2.00 bits per heavy atom. The molecule has 0 aliphatic rings. The lowest BCUT2D eigenvalue weighted by atomic mass is 10.3. The van der Waals surface area contributed by atoms with Gasteiger partial charge in [-0.05, 0) is 19.0 Å². The van der Waals surface area contributed by atoms with Crippen LogP contribution in [0.3, 0.4) is 0 Å². The normalized spacial score (nSPS) is 10.4. The fourth-order valence-electron chi connectivity index (χ4n) is 0.561. The SMILES string of the molecule is CCCC=CNCCC. The summed E-state index contributed by atoms with van der Waals surface area (Å²) in [7, 11) is 0. The number of rotatable bonds is 5. The molecule has 0 aromatic rings. The highest BCUT2D eigenvalue weighted by Crippen LogP contribution is 1.85. The molecule has 1 nitrogen and oxygen atoms in total. The molecule has 0 heterocycles. The van der Waals surface area contributed by atoms with Crippen LogP contribution in [-0.4, -0.2) is 6.54 Å². The van der Waals surface area contributed by atoms with E-state index in [0.29, 0.717) is 0 Å². The van der Waals surface area contributed by atoms with Crippen molar-refractivity contribution in [2.75, 3.05) is 6.54 Å². The summed E-state index contributed by atoms with van der Waals surface area (Å²) in [4.78, 5) is 0. The van der Waals surface area contributed by atoms with E-state index in [1.165, 1.54) is 19.3 Å². The van der Waals surface area contributed by atoms with E-state index in [4.69, 9.17) is 0 Å². The van der Waals surface area contributed by atoms with Gasteiger partial charge in [-0.3, -0.25) is 0 Å². The molecule has 0 bridgehead atoms. The number of hydrogen-bond acceptors (Lipinski definition) is 1. The van der Waals surface area contributed by atoms with Gasteiger partial charge in [-0.25, -0.2) is 0 Å². The molecule has 0 atom stereocenters. The number of allylic oxidation sites excluding steroid dienone is 1. The maximum absolute atomic E-state index is 3.19. The van der Waals surface area contributed by atoms with Crippen LogP contribution < -0.4 is 5.32 Å². The van der Waals surface area contributed by atoms with Gasteiger partial charge < -0.3 is 5.32 Å². The van der Waals surface area contributed by atoms with Crippen LogP contribution in [0.2, 0.25) is 0 Å². The lowest BCUT2D eigenvalue weighted by Crippen LogP contribution is -2.04. The van der Waals surface area contributed by atoms with Gasteiger partial charge in [-0.15, -0.1) is 0 Å². The van der Waals surface area contributed by atoms with Crippen molar-refractivity contribution in [2.45, 2.75) is 33.1 Å². The van der Waals surface area contributed by atoms with Crippen molar-refractivity contribution in [3.63, 3.8) is 0 Å². The highest BCUT2D eigenvalue weighted by Gasteiger charge is 1.73. The second-order valence-electron chi connectivity index (χ2n) is 2.15. The molecule has 0 fully saturated rings. The summed E-state index contributed by atoms with van der Waals surface area (Å²) >= 11 is 0. The summed E-state index contributed by atoms with van der Waals surface area (Å²) in [6.45, 7) is 5.45. The predicted molar refractivity (Wildman–Crippen MR) is 42.3 cm³/mol. The zero-order chi connectivity index (χ0) is 6.95. The summed E-state index contributed by atoms with van der Waals surface area (Å²) < 4.78 is 0. The molecule has 0 saturated carbocycles. The van der Waals surface area contributed by atoms with Crippen LogP contribution in [0, 0.1) is 0 Å². The molecule has 0 radical (unpaired) electrons. The van der Waals surface area contributed by atoms with Gasteiger partial charge in [0.1, 0.15) is 0 Å². The molecule has 0 spiro atoms. The largest absolute Gasteiger partial charge is 0.391 e. The van der Waals surface area contributed by atoms with Crippen molar-refractivity contribution in [2.24, 2.45) is 0 Å². The van der Waals surface area contributed by atoms with Crippen LogP contribution in [0.25, 0.3) is 0 Å². The Morgan fingerprint density at radius 1 is 1.22 bits per heavy atom. The van der Waals surface area contributed by atoms with Gasteiger partial charge in [0.25, 0.3) is 0 Å². The van der Waals surface area contributed by atoms with E-state index in [9.17, 15) is 0 Å². The van der Waals surface area contributed by atoms with Gasteiger partial charge in [0.05, 0.1) is 0 Å². The van der Waals surface area contributed by atoms with Gasteiger partial charge in [0.15, 0.2) is 0 Å². The van der Waals surface area contributed by atoms with E-state index >= 15 is 0 Å². The molecule has 0 saturated heterocycles. The molecule has 0 rings (SSSR count). The number of nitrogens with one attached hydrogen (secondary N) is 1. The molecule has 0 aliphatic heterocycles. The fraction of sp³-hybridized carbons (Fsp3) is 0.750. The third kappa shape index (κ3) is 7.54. The topological polar surface area (TPSA) is 12.0 Å². The minimum atomic E-state index is 1.10. The first kappa shape index (κ1) is 8.54. The Bertz CT molecular complexity index is 67.0. The number of unbranched alkanes of at least 4 members (excludes halogenated alkanes) is 1. The van der Waals surface area contributed by atoms with Gasteiger partial charge in [0, 0.05) is 6.54 Å². The molecule has 0 aliphatic carbocycles. The van der Waals surface area contributed by atoms with Gasteiger partial charge in [0.2, 0.25) is 0 Å². The van der Waals surface area contributed by atoms with Crippen LogP contribution in [0.15, 0.2) is 12.3 Å². The monoisotopic (exact) mass is 127 g/mol. The van der Waals surface area contributed by atoms with E-state index < -0.39 is 0 Å². The standard InChI is InChI=1S/C8H17N/c1-3-5-6-8-9-7-4-2/h6,8-9H,3-5,7H2,1-2H3. The van der Waals surface area contributed by atoms with E-state index in [1.807, 2.05) is 6.20 Å². The van der Waals surface area contributed by atoms with E-state index in [1.54, 1.807) is 0 Å². The average Bonchev–Trinajstić information content (AvgIpc) is 1.89. The molecule has 1 N–H and O–H groups in total. The van der Waals surface area contributed by atoms with Crippen molar-refractivity contribution in [3.05, 3.63) is 12.3 Å². The van der Waals surface area contributed by atoms with Crippen molar-refractivity contribution in [3.8, 4) is 0 Å². The van der Waals surface area contributed by atoms with E-state index in [2.05, 4.69) is 25.2 Å². The average molecular weight is 127 g/mol. The lowest BCUT2D eigenvalue weighted by Gasteiger charge is -1.93. The van der Waals surface area contributed by atoms with E-state index in [-0.39, 0.29) is 0 Å². The first-order valence-corrected chi connectivity index (χ1v) is 3.80. The van der Waals surface area contributed by atoms with Crippen LogP contribution in [0.4, 0.5) is 0 Å². The zero-order valence-corrected chi connectivity index (χ0v) is 6.48. The third-order valence-corrected chi connectivity index (χ3v) is 1.09. The Balaban J connectivity index is 2.86. The lowest BCUT2D eigenvalue weighted by molar-refractivity contribution is 0.802. The van der Waals surface area contributed by atoms with Gasteiger partial charge >= 0.3 is 0 Å². The Hall–Kier alpha value is -0.460. The summed E-state index contributed by atoms with van der Waals surface area (Å²) in [6.07, 6.45) is 7.86. The summed E-state index contributed by atoms with van der Waals surface area (Å²) in [5.74, 6) is 0. The van der Waals surface area contributed by atoms with Crippen molar-refractivity contribution >= 4 is 0 Å². The van der Waals surface area contributed by atoms with Gasteiger partial charge in [-0.2, -0.15) is 0 Å². The fourth-order valence-corrected chi connectivity index (χ4v) is 0.561. The highest BCUT2D eigenvalue weighted by molar-refractivity contribution is 4.77. The summed E-state index contributed by atoms with van der Waals surface area (Å²) in [5, 5.41) is 3.19. The van der Waals surface area contributed by atoms with Crippen LogP contribution in [-0.2, 0) is 0 Å². The molecule has 0 amide bonds. The molecule has 9 heavy (non-hydrogen) atoms. The predicted octanol–water partition coefficient (Wildman–Crippen LogP) is 2.30. The first-order valence-electron chi connectivity index (χ1n) is 3.80. The summed E-state index contributed by atoms with van der Waals surface area (Å²) in [6, 6.07) is 0. The number of hydrogen-bond donors (Lipinski definition) is 1. The highest BCUT2D eigenvalue weighted by atomic mass is 14.8. The smallest absolute Gasteiger partial charge is 0.0138 e. The quantitative estimate of drug-likeness (QED) is 0.559. The van der Waals surface area contributed by atoms with Crippen molar-refractivity contribution < 1.29 is 0 Å². The second kappa shape index (κ2) is 7.54. The molecule has 0 unspecified atom stereocenters. The molecular formula is C8H17N. The minimum Gasteiger partial charge on any atom is -0.391 e. The Labute approximate surface area is 58.2 Å². The van der Waals surface area contributed by atoms with Crippen LogP contribution >= 0.6 is 0 Å². The minimum absolute atomic E-state index is 1.10.